The highest BCUT2D eigenvalue weighted by molar-refractivity contribution is 5.96. The third kappa shape index (κ3) is 4.87. The molecule has 1 spiro atoms. The van der Waals surface area contributed by atoms with E-state index in [-0.39, 0.29) is 5.41 Å². The maximum atomic E-state index is 5.09. The van der Waals surface area contributed by atoms with E-state index in [1.54, 1.807) is 0 Å². The summed E-state index contributed by atoms with van der Waals surface area (Å²) >= 11 is 0. The van der Waals surface area contributed by atoms with E-state index >= 15 is 0 Å². The Hall–Kier alpha value is -7.23. The largest absolute Gasteiger partial charge is 0.208 e. The summed E-state index contributed by atoms with van der Waals surface area (Å²) in [6.45, 7) is 0. The molecule has 2 aliphatic rings. The first-order chi connectivity index (χ1) is 27.3. The summed E-state index contributed by atoms with van der Waals surface area (Å²) in [5, 5.41) is 0. The average molecular weight is 700 g/mol. The van der Waals surface area contributed by atoms with Crippen molar-refractivity contribution in [3.8, 4) is 78.7 Å². The van der Waals surface area contributed by atoms with E-state index in [9.17, 15) is 0 Å². The number of nitrogens with zero attached hydrogens (tertiary/aromatic N) is 3. The molecule has 0 fully saturated rings. The Balaban J connectivity index is 1.03. The zero-order valence-electron chi connectivity index (χ0n) is 29.9. The van der Waals surface area contributed by atoms with Crippen LogP contribution in [-0.4, -0.2) is 15.0 Å². The molecule has 0 atom stereocenters. The molecule has 9 aromatic rings. The Morgan fingerprint density at radius 1 is 0.236 bits per heavy atom. The van der Waals surface area contributed by atoms with E-state index in [0.717, 1.165) is 33.4 Å². The van der Waals surface area contributed by atoms with Crippen molar-refractivity contribution in [1.29, 1.82) is 0 Å². The van der Waals surface area contributed by atoms with Crippen molar-refractivity contribution in [3.05, 3.63) is 222 Å². The second-order valence-corrected chi connectivity index (χ2v) is 14.3. The molecule has 3 heteroatoms. The number of hydrogen-bond acceptors (Lipinski definition) is 3. The van der Waals surface area contributed by atoms with Gasteiger partial charge in [0, 0.05) is 16.7 Å². The van der Waals surface area contributed by atoms with Crippen LogP contribution >= 0.6 is 0 Å². The number of aromatic nitrogens is 3. The Bertz CT molecular complexity index is 2870. The molecule has 55 heavy (non-hydrogen) atoms. The normalized spacial score (nSPS) is 12.9. The van der Waals surface area contributed by atoms with Gasteiger partial charge < -0.3 is 0 Å². The van der Waals surface area contributed by atoms with Crippen molar-refractivity contribution in [2.24, 2.45) is 0 Å². The molecular formula is C52H33N3. The van der Waals surface area contributed by atoms with Crippen LogP contribution in [-0.2, 0) is 5.41 Å². The molecule has 3 nitrogen and oxygen atoms in total. The van der Waals surface area contributed by atoms with Crippen LogP contribution in [0.4, 0.5) is 0 Å². The summed E-state index contributed by atoms with van der Waals surface area (Å²) in [5.41, 5.74) is 17.7. The topological polar surface area (TPSA) is 38.7 Å². The molecule has 0 bridgehead atoms. The molecule has 0 N–H and O–H groups in total. The van der Waals surface area contributed by atoms with E-state index in [0.29, 0.717) is 17.5 Å². The molecule has 0 radical (unpaired) electrons. The molecular weight excluding hydrogens is 667 g/mol. The van der Waals surface area contributed by atoms with Crippen molar-refractivity contribution in [1.82, 2.24) is 15.0 Å². The lowest BCUT2D eigenvalue weighted by Gasteiger charge is -2.30. The maximum absolute atomic E-state index is 5.09. The van der Waals surface area contributed by atoms with Gasteiger partial charge in [-0.2, -0.15) is 0 Å². The fraction of sp³-hybridized carbons (Fsp3) is 0.0192. The highest BCUT2D eigenvalue weighted by Crippen LogP contribution is 2.62. The van der Waals surface area contributed by atoms with Gasteiger partial charge >= 0.3 is 0 Å². The van der Waals surface area contributed by atoms with Gasteiger partial charge in [0.15, 0.2) is 17.5 Å². The van der Waals surface area contributed by atoms with E-state index in [1.165, 1.54) is 50.1 Å². The van der Waals surface area contributed by atoms with Gasteiger partial charge in [0.05, 0.1) is 5.41 Å². The van der Waals surface area contributed by atoms with Crippen LogP contribution in [0.5, 0.6) is 0 Å². The Labute approximate surface area is 320 Å². The lowest BCUT2D eigenvalue weighted by Crippen LogP contribution is -2.25. The van der Waals surface area contributed by atoms with Crippen LogP contribution in [0.3, 0.4) is 0 Å². The molecule has 0 saturated carbocycles. The fourth-order valence-corrected chi connectivity index (χ4v) is 8.91. The van der Waals surface area contributed by atoms with Crippen LogP contribution in [0.15, 0.2) is 200 Å². The van der Waals surface area contributed by atoms with Crippen LogP contribution in [0.25, 0.3) is 78.7 Å². The van der Waals surface area contributed by atoms with Crippen LogP contribution in [0.1, 0.15) is 22.3 Å². The van der Waals surface area contributed by atoms with Gasteiger partial charge in [-0.15, -0.1) is 0 Å². The van der Waals surface area contributed by atoms with Crippen molar-refractivity contribution in [3.63, 3.8) is 0 Å². The summed E-state index contributed by atoms with van der Waals surface area (Å²) in [6, 6.07) is 71.5. The molecule has 8 aromatic carbocycles. The van der Waals surface area contributed by atoms with Gasteiger partial charge in [-0.1, -0.05) is 188 Å². The van der Waals surface area contributed by atoms with Gasteiger partial charge in [-0.25, -0.2) is 15.0 Å². The second kappa shape index (κ2) is 12.4. The van der Waals surface area contributed by atoms with Crippen molar-refractivity contribution in [2.45, 2.75) is 5.41 Å². The van der Waals surface area contributed by atoms with Gasteiger partial charge in [-0.05, 0) is 78.9 Å². The molecule has 0 amide bonds. The summed E-state index contributed by atoms with van der Waals surface area (Å²) in [4.78, 5) is 15.1. The summed E-state index contributed by atoms with van der Waals surface area (Å²) < 4.78 is 0. The monoisotopic (exact) mass is 699 g/mol. The molecule has 11 rings (SSSR count). The minimum Gasteiger partial charge on any atom is -0.208 e. The standard InChI is InChI=1S/C52H33N3/c1-3-14-34(15-4-1)35-26-28-37(29-27-35)50-53-49(36-16-5-2-6-17-36)54-51(55-50)40-19-13-18-38(32-40)39-30-31-48-44(33-39)43-22-9-12-25-47(43)52(48)45-23-10-7-20-41(45)42-21-8-11-24-46(42)52/h1-33H. The third-order valence-corrected chi connectivity index (χ3v) is 11.4. The lowest BCUT2D eigenvalue weighted by atomic mass is 9.70. The van der Waals surface area contributed by atoms with Crippen LogP contribution in [0, 0.1) is 0 Å². The molecule has 0 aliphatic heterocycles. The maximum Gasteiger partial charge on any atom is 0.164 e. The fourth-order valence-electron chi connectivity index (χ4n) is 8.91. The van der Waals surface area contributed by atoms with E-state index in [1.807, 2.05) is 36.4 Å². The molecule has 256 valence electrons. The summed E-state index contributed by atoms with van der Waals surface area (Å²) in [7, 11) is 0. The summed E-state index contributed by atoms with van der Waals surface area (Å²) in [6.07, 6.45) is 0. The van der Waals surface area contributed by atoms with Crippen LogP contribution < -0.4 is 0 Å². The van der Waals surface area contributed by atoms with Crippen LogP contribution in [0.2, 0.25) is 0 Å². The average Bonchev–Trinajstić information content (AvgIpc) is 3.74. The first-order valence-corrected chi connectivity index (χ1v) is 18.8. The van der Waals surface area contributed by atoms with Gasteiger partial charge in [0.1, 0.15) is 0 Å². The lowest BCUT2D eigenvalue weighted by molar-refractivity contribution is 0.794. The minimum absolute atomic E-state index is 0.353. The first-order valence-electron chi connectivity index (χ1n) is 18.8. The smallest absolute Gasteiger partial charge is 0.164 e. The van der Waals surface area contributed by atoms with E-state index in [2.05, 4.69) is 164 Å². The predicted octanol–water partition coefficient (Wildman–Crippen LogP) is 12.6. The van der Waals surface area contributed by atoms with Crippen molar-refractivity contribution >= 4 is 0 Å². The molecule has 2 aliphatic carbocycles. The highest BCUT2D eigenvalue weighted by Gasteiger charge is 2.51. The SMILES string of the molecule is c1ccc(-c2ccc(-c3nc(-c4ccccc4)nc(-c4cccc(-c5ccc6c(c5)-c5ccccc5C65c6ccccc6-c6ccccc65)c4)n3)cc2)cc1. The highest BCUT2D eigenvalue weighted by atomic mass is 15.0. The summed E-state index contributed by atoms with van der Waals surface area (Å²) in [5.74, 6) is 1.93. The Kier molecular flexibility index (Phi) is 7.08. The van der Waals surface area contributed by atoms with Crippen molar-refractivity contribution < 1.29 is 0 Å². The Morgan fingerprint density at radius 2 is 0.600 bits per heavy atom. The number of benzene rings is 8. The zero-order chi connectivity index (χ0) is 36.3. The molecule has 0 saturated heterocycles. The first kappa shape index (κ1) is 31.3. The number of rotatable bonds is 5. The predicted molar refractivity (Wildman–Crippen MR) is 223 cm³/mol. The number of fused-ring (bicyclic) bond motifs is 10. The van der Waals surface area contributed by atoms with E-state index < -0.39 is 0 Å². The van der Waals surface area contributed by atoms with Crippen molar-refractivity contribution in [2.75, 3.05) is 0 Å². The number of hydrogen-bond donors (Lipinski definition) is 0. The second-order valence-electron chi connectivity index (χ2n) is 14.3. The van der Waals surface area contributed by atoms with E-state index in [4.69, 9.17) is 15.0 Å². The third-order valence-electron chi connectivity index (χ3n) is 11.4. The quantitative estimate of drug-likeness (QED) is 0.179. The van der Waals surface area contributed by atoms with Gasteiger partial charge in [0.2, 0.25) is 0 Å². The Morgan fingerprint density at radius 3 is 1.20 bits per heavy atom. The molecule has 1 heterocycles. The molecule has 1 aromatic heterocycles. The van der Waals surface area contributed by atoms with Gasteiger partial charge in [0.25, 0.3) is 0 Å². The zero-order valence-corrected chi connectivity index (χ0v) is 29.9. The van der Waals surface area contributed by atoms with Gasteiger partial charge in [-0.3, -0.25) is 0 Å². The minimum atomic E-state index is -0.353. The molecule has 0 unspecified atom stereocenters.